The summed E-state index contributed by atoms with van der Waals surface area (Å²) in [5.41, 5.74) is 3.96. The predicted molar refractivity (Wildman–Crippen MR) is 76.7 cm³/mol. The highest BCUT2D eigenvalue weighted by Gasteiger charge is 2.13. The molecular weight excluding hydrogens is 298 g/mol. The van der Waals surface area contributed by atoms with Gasteiger partial charge in [-0.2, -0.15) is 11.3 Å². The maximum Gasteiger partial charge on any atom is 0.152 e. The molecule has 0 spiro atoms. The molecule has 0 saturated heterocycles. The Labute approximate surface area is 113 Å². The number of anilines is 1. The molecule has 1 N–H and O–H groups in total. The van der Waals surface area contributed by atoms with Crippen LogP contribution in [0.5, 0.6) is 0 Å². The van der Waals surface area contributed by atoms with Gasteiger partial charge in [0.25, 0.3) is 0 Å². The molecule has 0 saturated carbocycles. The van der Waals surface area contributed by atoms with Gasteiger partial charge in [0.05, 0.1) is 11.4 Å². The van der Waals surface area contributed by atoms with Crippen LogP contribution in [0.4, 0.5) is 5.82 Å². The fourth-order valence-corrected chi connectivity index (χ4v) is 3.00. The fraction of sp³-hybridized carbons (Fsp3) is 0.333. The zero-order valence-electron chi connectivity index (χ0n) is 10.0. The van der Waals surface area contributed by atoms with Crippen molar-refractivity contribution < 1.29 is 0 Å². The minimum absolute atomic E-state index is 0.839. The van der Waals surface area contributed by atoms with Gasteiger partial charge in [0, 0.05) is 27.3 Å². The Morgan fingerprint density at radius 2 is 1.94 bits per heavy atom. The summed E-state index contributed by atoms with van der Waals surface area (Å²) in [5.74, 6) is 0.856. The average molecular weight is 312 g/mol. The standard InChI is InChI=1S/C12H14BrN3S/c1-4-14-12-11(9-5-17-6-10(9)13)15-7(2)8(3)16-12/h5-6H,4H2,1-3H3,(H,14,16). The molecule has 2 aromatic rings. The lowest BCUT2D eigenvalue weighted by molar-refractivity contribution is 1.03. The van der Waals surface area contributed by atoms with Crippen LogP contribution in [0.3, 0.4) is 0 Å². The number of nitrogens with zero attached hydrogens (tertiary/aromatic N) is 2. The van der Waals surface area contributed by atoms with Crippen LogP contribution in [-0.2, 0) is 0 Å². The Morgan fingerprint density at radius 3 is 2.53 bits per heavy atom. The largest absolute Gasteiger partial charge is 0.369 e. The van der Waals surface area contributed by atoms with E-state index in [9.17, 15) is 0 Å². The number of thiophene rings is 1. The van der Waals surface area contributed by atoms with Crippen LogP contribution in [-0.4, -0.2) is 16.5 Å². The Bertz CT molecular complexity index is 537. The van der Waals surface area contributed by atoms with Crippen LogP contribution in [0, 0.1) is 13.8 Å². The van der Waals surface area contributed by atoms with Gasteiger partial charge in [0.1, 0.15) is 5.69 Å². The van der Waals surface area contributed by atoms with Crippen LogP contribution in [0.2, 0.25) is 0 Å². The number of halogens is 1. The second-order valence-corrected chi connectivity index (χ2v) is 5.35. The summed E-state index contributed by atoms with van der Waals surface area (Å²) in [6.07, 6.45) is 0. The van der Waals surface area contributed by atoms with Crippen molar-refractivity contribution in [3.8, 4) is 11.3 Å². The molecule has 0 fully saturated rings. The Morgan fingerprint density at radius 1 is 1.24 bits per heavy atom. The molecule has 0 atom stereocenters. The molecule has 0 amide bonds. The number of hydrogen-bond acceptors (Lipinski definition) is 4. The predicted octanol–water partition coefficient (Wildman–Crippen LogP) is 4.02. The van der Waals surface area contributed by atoms with Crippen molar-refractivity contribution in [2.45, 2.75) is 20.8 Å². The molecule has 17 heavy (non-hydrogen) atoms. The van der Waals surface area contributed by atoms with Gasteiger partial charge in [-0.05, 0) is 36.7 Å². The van der Waals surface area contributed by atoms with Gasteiger partial charge in [0.2, 0.25) is 0 Å². The summed E-state index contributed by atoms with van der Waals surface area (Å²) in [5, 5.41) is 7.41. The lowest BCUT2D eigenvalue weighted by atomic mass is 10.2. The van der Waals surface area contributed by atoms with Crippen molar-refractivity contribution in [3.63, 3.8) is 0 Å². The van der Waals surface area contributed by atoms with Crippen LogP contribution in [0.15, 0.2) is 15.2 Å². The Balaban J connectivity index is 2.59. The zero-order valence-corrected chi connectivity index (χ0v) is 12.4. The molecule has 0 aliphatic heterocycles. The van der Waals surface area contributed by atoms with Crippen LogP contribution < -0.4 is 5.32 Å². The van der Waals surface area contributed by atoms with Gasteiger partial charge >= 0.3 is 0 Å². The molecule has 0 unspecified atom stereocenters. The third kappa shape index (κ3) is 2.50. The maximum absolute atomic E-state index is 4.65. The molecular formula is C12H14BrN3S. The SMILES string of the molecule is CCNc1nc(C)c(C)nc1-c1cscc1Br. The molecule has 0 bridgehead atoms. The van der Waals surface area contributed by atoms with Gasteiger partial charge in [-0.15, -0.1) is 0 Å². The van der Waals surface area contributed by atoms with Gasteiger partial charge in [-0.3, -0.25) is 0 Å². The molecule has 0 aromatic carbocycles. The van der Waals surface area contributed by atoms with Crippen molar-refractivity contribution in [2.75, 3.05) is 11.9 Å². The lowest BCUT2D eigenvalue weighted by Crippen LogP contribution is -2.06. The second kappa shape index (κ2) is 5.14. The number of rotatable bonds is 3. The van der Waals surface area contributed by atoms with Crippen LogP contribution in [0.25, 0.3) is 11.3 Å². The van der Waals surface area contributed by atoms with Crippen molar-refractivity contribution >= 4 is 33.1 Å². The summed E-state index contributed by atoms with van der Waals surface area (Å²) >= 11 is 5.20. The maximum atomic E-state index is 4.65. The lowest BCUT2D eigenvalue weighted by Gasteiger charge is -2.11. The first-order chi connectivity index (χ1) is 8.13. The topological polar surface area (TPSA) is 37.8 Å². The number of hydrogen-bond donors (Lipinski definition) is 1. The van der Waals surface area contributed by atoms with Crippen LogP contribution >= 0.6 is 27.3 Å². The average Bonchev–Trinajstić information content (AvgIpc) is 2.70. The van der Waals surface area contributed by atoms with Crippen molar-refractivity contribution in [2.24, 2.45) is 0 Å². The smallest absolute Gasteiger partial charge is 0.152 e. The summed E-state index contributed by atoms with van der Waals surface area (Å²) in [6.45, 7) is 6.87. The van der Waals surface area contributed by atoms with E-state index in [1.807, 2.05) is 13.8 Å². The van der Waals surface area contributed by atoms with E-state index in [2.05, 4.69) is 48.9 Å². The first-order valence-corrected chi connectivity index (χ1v) is 7.18. The third-order valence-electron chi connectivity index (χ3n) is 2.52. The quantitative estimate of drug-likeness (QED) is 0.930. The van der Waals surface area contributed by atoms with E-state index in [4.69, 9.17) is 0 Å². The molecule has 0 aliphatic carbocycles. The van der Waals surface area contributed by atoms with Gasteiger partial charge < -0.3 is 5.32 Å². The molecule has 5 heteroatoms. The van der Waals surface area contributed by atoms with Crippen LogP contribution in [0.1, 0.15) is 18.3 Å². The summed E-state index contributed by atoms with van der Waals surface area (Å²) < 4.78 is 1.07. The first-order valence-electron chi connectivity index (χ1n) is 5.44. The highest BCUT2D eigenvalue weighted by molar-refractivity contribution is 9.10. The summed E-state index contributed by atoms with van der Waals surface area (Å²) in [4.78, 5) is 9.22. The van der Waals surface area contributed by atoms with E-state index in [1.165, 1.54) is 0 Å². The van der Waals surface area contributed by atoms with E-state index >= 15 is 0 Å². The van der Waals surface area contributed by atoms with E-state index in [1.54, 1.807) is 11.3 Å². The molecule has 90 valence electrons. The Kier molecular flexibility index (Phi) is 3.79. The van der Waals surface area contributed by atoms with E-state index in [0.717, 1.165) is 39.5 Å². The van der Waals surface area contributed by atoms with Crippen molar-refractivity contribution in [1.29, 1.82) is 0 Å². The van der Waals surface area contributed by atoms with Gasteiger partial charge in [0.15, 0.2) is 5.82 Å². The molecule has 0 radical (unpaired) electrons. The van der Waals surface area contributed by atoms with E-state index in [-0.39, 0.29) is 0 Å². The number of aromatic nitrogens is 2. The summed E-state index contributed by atoms with van der Waals surface area (Å²) in [6, 6.07) is 0. The minimum Gasteiger partial charge on any atom is -0.369 e. The van der Waals surface area contributed by atoms with Gasteiger partial charge in [-0.1, -0.05) is 0 Å². The van der Waals surface area contributed by atoms with Crippen molar-refractivity contribution in [3.05, 3.63) is 26.6 Å². The highest BCUT2D eigenvalue weighted by Crippen LogP contribution is 2.34. The van der Waals surface area contributed by atoms with Crippen molar-refractivity contribution in [1.82, 2.24) is 9.97 Å². The normalized spacial score (nSPS) is 10.6. The van der Waals surface area contributed by atoms with E-state index < -0.39 is 0 Å². The summed E-state index contributed by atoms with van der Waals surface area (Å²) in [7, 11) is 0. The van der Waals surface area contributed by atoms with Gasteiger partial charge in [-0.25, -0.2) is 9.97 Å². The molecule has 0 aliphatic rings. The molecule has 2 rings (SSSR count). The zero-order chi connectivity index (χ0) is 12.4. The molecule has 2 aromatic heterocycles. The molecule has 3 nitrogen and oxygen atoms in total. The first kappa shape index (κ1) is 12.5. The number of aryl methyl sites for hydroxylation is 2. The Hall–Kier alpha value is -0.940. The molecule has 2 heterocycles. The highest BCUT2D eigenvalue weighted by atomic mass is 79.9. The van der Waals surface area contributed by atoms with E-state index in [0.29, 0.717) is 0 Å². The monoisotopic (exact) mass is 311 g/mol. The fourth-order valence-electron chi connectivity index (χ4n) is 1.53. The third-order valence-corrected chi connectivity index (χ3v) is 4.22. The minimum atomic E-state index is 0.839. The second-order valence-electron chi connectivity index (χ2n) is 3.76. The number of nitrogens with one attached hydrogen (secondary N) is 1.